The molecule has 1 heterocycles. The summed E-state index contributed by atoms with van der Waals surface area (Å²) in [6.07, 6.45) is 2.59. The summed E-state index contributed by atoms with van der Waals surface area (Å²) in [6.45, 7) is 6.98. The topological polar surface area (TPSA) is 21.7 Å². The first-order valence-electron chi connectivity index (χ1n) is 7.11. The van der Waals surface area contributed by atoms with Gasteiger partial charge in [-0.15, -0.1) is 0 Å². The van der Waals surface area contributed by atoms with Crippen LogP contribution < -0.4 is 9.47 Å². The molecule has 0 amide bonds. The minimum Gasteiger partial charge on any atom is -0.497 e. The quantitative estimate of drug-likeness (QED) is 0.830. The fourth-order valence-electron chi connectivity index (χ4n) is 2.70. The lowest BCUT2D eigenvalue weighted by Crippen LogP contribution is -2.35. The molecule has 1 aliphatic heterocycles. The molecule has 1 aliphatic rings. The first-order valence-corrected chi connectivity index (χ1v) is 7.11. The Labute approximate surface area is 116 Å². The van der Waals surface area contributed by atoms with Gasteiger partial charge in [0.2, 0.25) is 0 Å². The molecule has 0 saturated carbocycles. The highest BCUT2D eigenvalue weighted by Gasteiger charge is 2.22. The van der Waals surface area contributed by atoms with Gasteiger partial charge in [0, 0.05) is 12.1 Å². The van der Waals surface area contributed by atoms with Crippen molar-refractivity contribution in [3.63, 3.8) is 0 Å². The third kappa shape index (κ3) is 3.41. The molecule has 1 fully saturated rings. The van der Waals surface area contributed by atoms with Crippen molar-refractivity contribution in [2.45, 2.75) is 32.7 Å². The number of ether oxygens (including phenoxy) is 2. The number of hydrogen-bond donors (Lipinski definition) is 0. The van der Waals surface area contributed by atoms with E-state index in [1.165, 1.54) is 31.5 Å². The lowest BCUT2D eigenvalue weighted by atomic mass is 9.96. The number of rotatable bonds is 4. The van der Waals surface area contributed by atoms with E-state index in [4.69, 9.17) is 9.47 Å². The molecule has 1 atom stereocenters. The highest BCUT2D eigenvalue weighted by atomic mass is 16.5. The second-order valence-corrected chi connectivity index (χ2v) is 5.54. The molecular weight excluding hydrogens is 238 g/mol. The summed E-state index contributed by atoms with van der Waals surface area (Å²) in [4.78, 5) is 2.55. The molecule has 0 spiro atoms. The average Bonchev–Trinajstić information content (AvgIpc) is 2.46. The van der Waals surface area contributed by atoms with E-state index < -0.39 is 0 Å². The van der Waals surface area contributed by atoms with Crippen LogP contribution in [0.4, 0.5) is 0 Å². The Balaban J connectivity index is 2.15. The third-order valence-electron chi connectivity index (χ3n) is 4.22. The van der Waals surface area contributed by atoms with Gasteiger partial charge in [0.1, 0.15) is 11.5 Å². The fourth-order valence-corrected chi connectivity index (χ4v) is 2.70. The SMILES string of the molecule is COc1cc(OC)cc(C(C)N2CCC(C)CC2)c1. The van der Waals surface area contributed by atoms with Gasteiger partial charge in [-0.1, -0.05) is 6.92 Å². The Morgan fingerprint density at radius 3 is 2.05 bits per heavy atom. The van der Waals surface area contributed by atoms with Crippen LogP contribution in [0.25, 0.3) is 0 Å². The van der Waals surface area contributed by atoms with E-state index in [9.17, 15) is 0 Å². The van der Waals surface area contributed by atoms with E-state index in [1.54, 1.807) is 14.2 Å². The fraction of sp³-hybridized carbons (Fsp3) is 0.625. The number of hydrogen-bond acceptors (Lipinski definition) is 3. The van der Waals surface area contributed by atoms with E-state index in [2.05, 4.69) is 30.9 Å². The van der Waals surface area contributed by atoms with Gasteiger partial charge in [0.15, 0.2) is 0 Å². The maximum absolute atomic E-state index is 5.35. The highest BCUT2D eigenvalue weighted by Crippen LogP contribution is 2.31. The molecule has 0 bridgehead atoms. The van der Waals surface area contributed by atoms with Crippen molar-refractivity contribution in [1.82, 2.24) is 4.90 Å². The zero-order valence-electron chi connectivity index (χ0n) is 12.5. The van der Waals surface area contributed by atoms with E-state index in [0.29, 0.717) is 6.04 Å². The molecule has 0 N–H and O–H groups in total. The van der Waals surface area contributed by atoms with Crippen molar-refractivity contribution in [3.8, 4) is 11.5 Å². The van der Waals surface area contributed by atoms with Crippen molar-refractivity contribution in [1.29, 1.82) is 0 Å². The number of nitrogens with zero attached hydrogens (tertiary/aromatic N) is 1. The van der Waals surface area contributed by atoms with Gasteiger partial charge >= 0.3 is 0 Å². The van der Waals surface area contributed by atoms with Crippen molar-refractivity contribution < 1.29 is 9.47 Å². The normalized spacial score (nSPS) is 19.2. The van der Waals surface area contributed by atoms with Crippen LogP contribution in [-0.2, 0) is 0 Å². The van der Waals surface area contributed by atoms with E-state index >= 15 is 0 Å². The summed E-state index contributed by atoms with van der Waals surface area (Å²) in [5.74, 6) is 2.60. The zero-order chi connectivity index (χ0) is 13.8. The first kappa shape index (κ1) is 14.2. The van der Waals surface area contributed by atoms with Gasteiger partial charge in [0.05, 0.1) is 14.2 Å². The Bertz CT molecular complexity index is 389. The van der Waals surface area contributed by atoms with Crippen LogP contribution in [0.2, 0.25) is 0 Å². The summed E-state index contributed by atoms with van der Waals surface area (Å²) >= 11 is 0. The van der Waals surface area contributed by atoms with Crippen LogP contribution in [0.15, 0.2) is 18.2 Å². The maximum Gasteiger partial charge on any atom is 0.122 e. The highest BCUT2D eigenvalue weighted by molar-refractivity contribution is 5.39. The van der Waals surface area contributed by atoms with Crippen LogP contribution in [0.5, 0.6) is 11.5 Å². The van der Waals surface area contributed by atoms with Gasteiger partial charge in [-0.3, -0.25) is 4.90 Å². The average molecular weight is 263 g/mol. The number of benzene rings is 1. The minimum atomic E-state index is 0.413. The summed E-state index contributed by atoms with van der Waals surface area (Å²) in [5.41, 5.74) is 1.27. The second-order valence-electron chi connectivity index (χ2n) is 5.54. The largest absolute Gasteiger partial charge is 0.497 e. The third-order valence-corrected chi connectivity index (χ3v) is 4.22. The predicted molar refractivity (Wildman–Crippen MR) is 77.9 cm³/mol. The number of methoxy groups -OCH3 is 2. The van der Waals surface area contributed by atoms with E-state index in [-0.39, 0.29) is 0 Å². The molecule has 3 heteroatoms. The van der Waals surface area contributed by atoms with Crippen molar-refractivity contribution in [3.05, 3.63) is 23.8 Å². The van der Waals surface area contributed by atoms with Crippen molar-refractivity contribution in [2.75, 3.05) is 27.3 Å². The van der Waals surface area contributed by atoms with E-state index in [0.717, 1.165) is 17.4 Å². The lowest BCUT2D eigenvalue weighted by Gasteiger charge is -2.35. The molecule has 0 aliphatic carbocycles. The first-order chi connectivity index (χ1) is 9.13. The summed E-state index contributed by atoms with van der Waals surface area (Å²) < 4.78 is 10.7. The molecule has 2 rings (SSSR count). The standard InChI is InChI=1S/C16H25NO2/c1-12-5-7-17(8-6-12)13(2)14-9-15(18-3)11-16(10-14)19-4/h9-13H,5-8H2,1-4H3. The van der Waals surface area contributed by atoms with Crippen molar-refractivity contribution >= 4 is 0 Å². The smallest absolute Gasteiger partial charge is 0.122 e. The summed E-state index contributed by atoms with van der Waals surface area (Å²) in [7, 11) is 3.40. The Hall–Kier alpha value is -1.22. The molecular formula is C16H25NO2. The Morgan fingerprint density at radius 1 is 1.05 bits per heavy atom. The molecule has 3 nitrogen and oxygen atoms in total. The summed E-state index contributed by atoms with van der Waals surface area (Å²) in [6, 6.07) is 6.57. The lowest BCUT2D eigenvalue weighted by molar-refractivity contribution is 0.147. The molecule has 0 aromatic heterocycles. The Kier molecular flexibility index (Phi) is 4.70. The number of likely N-dealkylation sites (tertiary alicyclic amines) is 1. The van der Waals surface area contributed by atoms with Gasteiger partial charge in [-0.25, -0.2) is 0 Å². The van der Waals surface area contributed by atoms with Crippen LogP contribution in [-0.4, -0.2) is 32.2 Å². The molecule has 0 radical (unpaired) electrons. The van der Waals surface area contributed by atoms with Gasteiger partial charge in [0.25, 0.3) is 0 Å². The summed E-state index contributed by atoms with van der Waals surface area (Å²) in [5, 5.41) is 0. The molecule has 1 aromatic rings. The predicted octanol–water partition coefficient (Wildman–Crippen LogP) is 3.50. The Morgan fingerprint density at radius 2 is 1.58 bits per heavy atom. The van der Waals surface area contributed by atoms with Gasteiger partial charge < -0.3 is 9.47 Å². The van der Waals surface area contributed by atoms with Crippen molar-refractivity contribution in [2.24, 2.45) is 5.92 Å². The molecule has 1 unspecified atom stereocenters. The monoisotopic (exact) mass is 263 g/mol. The second kappa shape index (κ2) is 6.29. The van der Waals surface area contributed by atoms with Gasteiger partial charge in [-0.05, 0) is 56.5 Å². The van der Waals surface area contributed by atoms with Crippen LogP contribution >= 0.6 is 0 Å². The molecule has 1 aromatic carbocycles. The zero-order valence-corrected chi connectivity index (χ0v) is 12.5. The van der Waals surface area contributed by atoms with Crippen LogP contribution in [0.1, 0.15) is 38.3 Å². The van der Waals surface area contributed by atoms with Crippen LogP contribution in [0, 0.1) is 5.92 Å². The minimum absolute atomic E-state index is 0.413. The molecule has 1 saturated heterocycles. The molecule has 19 heavy (non-hydrogen) atoms. The molecule has 106 valence electrons. The van der Waals surface area contributed by atoms with Gasteiger partial charge in [-0.2, -0.15) is 0 Å². The van der Waals surface area contributed by atoms with E-state index in [1.807, 2.05) is 6.07 Å². The number of piperidine rings is 1. The maximum atomic E-state index is 5.35. The van der Waals surface area contributed by atoms with Crippen LogP contribution in [0.3, 0.4) is 0 Å².